The minimum absolute atomic E-state index is 0.187. The van der Waals surface area contributed by atoms with Crippen LogP contribution in [0.5, 0.6) is 0 Å². The summed E-state index contributed by atoms with van der Waals surface area (Å²) >= 11 is 5.89. The number of halogens is 1. The third-order valence-electron chi connectivity index (χ3n) is 1.71. The van der Waals surface area contributed by atoms with E-state index in [1.54, 1.807) is 39.0 Å². The van der Waals surface area contributed by atoms with Crippen molar-refractivity contribution < 1.29 is 8.42 Å². The van der Waals surface area contributed by atoms with Gasteiger partial charge in [0.05, 0.1) is 16.4 Å². The maximum Gasteiger partial charge on any atom is 0.299 e. The third-order valence-corrected chi connectivity index (χ3v) is 3.51. The van der Waals surface area contributed by atoms with Crippen LogP contribution in [0.25, 0.3) is 0 Å². The lowest BCUT2D eigenvalue weighted by atomic mass is 10.1. The Hall–Kier alpha value is -0.980. The van der Waals surface area contributed by atoms with Gasteiger partial charge in [-0.25, -0.2) is 0 Å². The van der Waals surface area contributed by atoms with Crippen molar-refractivity contribution in [1.82, 2.24) is 4.72 Å². The van der Waals surface area contributed by atoms with Crippen LogP contribution >= 0.6 is 11.6 Å². The molecule has 0 atom stereocenters. The number of rotatable bonds is 3. The fourth-order valence-electron chi connectivity index (χ4n) is 1.20. The molecule has 0 aliphatic rings. The summed E-state index contributed by atoms with van der Waals surface area (Å²) in [5, 5.41) is 0.187. The first-order chi connectivity index (χ1) is 7.61. The van der Waals surface area contributed by atoms with Crippen LogP contribution in [0.15, 0.2) is 18.2 Å². The maximum absolute atomic E-state index is 11.8. The van der Waals surface area contributed by atoms with E-state index in [2.05, 4.69) is 9.44 Å². The molecule has 0 heterocycles. The van der Waals surface area contributed by atoms with Crippen molar-refractivity contribution in [1.29, 1.82) is 0 Å². The van der Waals surface area contributed by atoms with Gasteiger partial charge in [0.15, 0.2) is 0 Å². The Morgan fingerprint density at radius 3 is 2.41 bits per heavy atom. The van der Waals surface area contributed by atoms with Crippen LogP contribution in [0, 0.1) is 0 Å². The van der Waals surface area contributed by atoms with Crippen LogP contribution in [0.4, 0.5) is 11.4 Å². The molecule has 0 bridgehead atoms. The summed E-state index contributed by atoms with van der Waals surface area (Å²) in [5.41, 5.74) is 5.58. The van der Waals surface area contributed by atoms with Gasteiger partial charge in [-0.3, -0.25) is 4.72 Å². The number of benzene rings is 1. The average molecular weight is 278 g/mol. The van der Waals surface area contributed by atoms with E-state index in [0.29, 0.717) is 5.69 Å². The third kappa shape index (κ3) is 4.41. The Kier molecular flexibility index (Phi) is 3.91. The van der Waals surface area contributed by atoms with Crippen molar-refractivity contribution in [3.8, 4) is 0 Å². The molecule has 0 unspecified atom stereocenters. The standard InChI is InChI=1S/C10H16ClN3O2S/c1-10(2,3)14-17(15,16)13-8-6-4-5-7(12)9(8)11/h4-6,13-14H,12H2,1-3H3. The second-order valence-electron chi connectivity index (χ2n) is 4.67. The molecule has 0 saturated carbocycles. The van der Waals surface area contributed by atoms with Gasteiger partial charge in [0.1, 0.15) is 0 Å². The van der Waals surface area contributed by atoms with Crippen LogP contribution in [0.3, 0.4) is 0 Å². The van der Waals surface area contributed by atoms with Gasteiger partial charge in [-0.2, -0.15) is 13.1 Å². The van der Waals surface area contributed by atoms with Crippen LogP contribution < -0.4 is 15.2 Å². The summed E-state index contributed by atoms with van der Waals surface area (Å²) < 4.78 is 28.3. The molecule has 1 rings (SSSR count). The molecule has 5 nitrogen and oxygen atoms in total. The minimum Gasteiger partial charge on any atom is -0.397 e. The predicted molar refractivity (Wildman–Crippen MR) is 71.3 cm³/mol. The van der Waals surface area contributed by atoms with Crippen LogP contribution in [-0.2, 0) is 10.2 Å². The van der Waals surface area contributed by atoms with E-state index in [-0.39, 0.29) is 10.7 Å². The van der Waals surface area contributed by atoms with Crippen molar-refractivity contribution in [3.05, 3.63) is 23.2 Å². The zero-order chi connectivity index (χ0) is 13.3. The highest BCUT2D eigenvalue weighted by atomic mass is 35.5. The highest BCUT2D eigenvalue weighted by Gasteiger charge is 2.20. The first-order valence-corrected chi connectivity index (χ1v) is 6.82. The first-order valence-electron chi connectivity index (χ1n) is 4.96. The fourth-order valence-corrected chi connectivity index (χ4v) is 2.75. The summed E-state index contributed by atoms with van der Waals surface area (Å²) in [7, 11) is -3.67. The van der Waals surface area contributed by atoms with Crippen LogP contribution in [0.2, 0.25) is 5.02 Å². The molecule has 0 radical (unpaired) electrons. The summed E-state index contributed by atoms with van der Waals surface area (Å²) in [6.45, 7) is 5.23. The lowest BCUT2D eigenvalue weighted by Gasteiger charge is -2.21. The molecule has 0 spiro atoms. The van der Waals surface area contributed by atoms with Gasteiger partial charge < -0.3 is 5.73 Å². The monoisotopic (exact) mass is 277 g/mol. The van der Waals surface area contributed by atoms with Crippen LogP contribution in [0.1, 0.15) is 20.8 Å². The van der Waals surface area contributed by atoms with Gasteiger partial charge in [0.25, 0.3) is 10.2 Å². The normalized spacial score (nSPS) is 12.5. The minimum atomic E-state index is -3.67. The summed E-state index contributed by atoms with van der Waals surface area (Å²) in [5.74, 6) is 0. The highest BCUT2D eigenvalue weighted by Crippen LogP contribution is 2.28. The Balaban J connectivity index is 2.95. The van der Waals surface area contributed by atoms with Gasteiger partial charge in [-0.1, -0.05) is 17.7 Å². The highest BCUT2D eigenvalue weighted by molar-refractivity contribution is 7.90. The quantitative estimate of drug-likeness (QED) is 0.739. The van der Waals surface area contributed by atoms with Crippen LogP contribution in [-0.4, -0.2) is 14.0 Å². The van der Waals surface area contributed by atoms with E-state index in [1.807, 2.05) is 0 Å². The molecule has 0 aliphatic heterocycles. The number of hydrogen-bond acceptors (Lipinski definition) is 3. The zero-order valence-corrected chi connectivity index (χ0v) is 11.5. The Labute approximate surface area is 107 Å². The van der Waals surface area contributed by atoms with Crippen molar-refractivity contribution in [2.75, 3.05) is 10.5 Å². The summed E-state index contributed by atoms with van der Waals surface area (Å²) in [6, 6.07) is 4.76. The van der Waals surface area contributed by atoms with Gasteiger partial charge >= 0.3 is 0 Å². The molecule has 0 aromatic heterocycles. The molecule has 0 aliphatic carbocycles. The van der Waals surface area contributed by atoms with Crippen molar-refractivity contribution in [2.45, 2.75) is 26.3 Å². The van der Waals surface area contributed by atoms with E-state index in [1.165, 1.54) is 0 Å². The van der Waals surface area contributed by atoms with Gasteiger partial charge in [-0.05, 0) is 32.9 Å². The Bertz CT molecular complexity index is 509. The predicted octanol–water partition coefficient (Wildman–Crippen LogP) is 1.97. The average Bonchev–Trinajstić information content (AvgIpc) is 2.08. The molecular weight excluding hydrogens is 262 g/mol. The number of nitrogens with one attached hydrogen (secondary N) is 2. The molecule has 17 heavy (non-hydrogen) atoms. The fraction of sp³-hybridized carbons (Fsp3) is 0.400. The summed E-state index contributed by atoms with van der Waals surface area (Å²) in [4.78, 5) is 0. The van der Waals surface area contributed by atoms with Gasteiger partial charge in [0, 0.05) is 5.54 Å². The lowest BCUT2D eigenvalue weighted by molar-refractivity contribution is 0.494. The van der Waals surface area contributed by atoms with Gasteiger partial charge in [-0.15, -0.1) is 0 Å². The number of nitrogens with two attached hydrogens (primary N) is 1. The molecule has 0 saturated heterocycles. The van der Waals surface area contributed by atoms with Gasteiger partial charge in [0.2, 0.25) is 0 Å². The molecule has 1 aromatic carbocycles. The molecule has 0 fully saturated rings. The van der Waals surface area contributed by atoms with E-state index in [0.717, 1.165) is 0 Å². The largest absolute Gasteiger partial charge is 0.397 e. The van der Waals surface area contributed by atoms with E-state index in [9.17, 15) is 8.42 Å². The molecular formula is C10H16ClN3O2S. The second-order valence-corrected chi connectivity index (χ2v) is 6.46. The Morgan fingerprint density at radius 2 is 1.88 bits per heavy atom. The first kappa shape index (κ1) is 14.1. The molecule has 1 aromatic rings. The zero-order valence-electron chi connectivity index (χ0n) is 9.91. The topological polar surface area (TPSA) is 84.2 Å². The van der Waals surface area contributed by atoms with Crippen molar-refractivity contribution >= 4 is 33.2 Å². The maximum atomic E-state index is 11.8. The Morgan fingerprint density at radius 1 is 1.29 bits per heavy atom. The summed E-state index contributed by atoms with van der Waals surface area (Å²) in [6.07, 6.45) is 0. The van der Waals surface area contributed by atoms with Crippen molar-refractivity contribution in [3.63, 3.8) is 0 Å². The lowest BCUT2D eigenvalue weighted by Crippen LogP contribution is -2.43. The molecule has 4 N–H and O–H groups in total. The van der Waals surface area contributed by atoms with Crippen molar-refractivity contribution in [2.24, 2.45) is 0 Å². The van der Waals surface area contributed by atoms with E-state index >= 15 is 0 Å². The molecule has 0 amide bonds. The van der Waals surface area contributed by atoms with E-state index in [4.69, 9.17) is 17.3 Å². The number of nitrogen functional groups attached to an aromatic ring is 1. The number of hydrogen-bond donors (Lipinski definition) is 3. The molecule has 96 valence electrons. The molecule has 7 heteroatoms. The second kappa shape index (κ2) is 4.72. The smallest absolute Gasteiger partial charge is 0.299 e. The van der Waals surface area contributed by atoms with E-state index < -0.39 is 15.7 Å². The number of anilines is 2. The SMILES string of the molecule is CC(C)(C)NS(=O)(=O)Nc1cccc(N)c1Cl.